The molecule has 0 atom stereocenters. The summed E-state index contributed by atoms with van der Waals surface area (Å²) in [4.78, 5) is 4.38. The second-order valence-electron chi connectivity index (χ2n) is 3.18. The van der Waals surface area contributed by atoms with E-state index in [-0.39, 0.29) is 0 Å². The topological polar surface area (TPSA) is 36.4 Å². The lowest BCUT2D eigenvalue weighted by molar-refractivity contribution is 0.532. The molecule has 12 heavy (non-hydrogen) atoms. The van der Waals surface area contributed by atoms with Crippen LogP contribution in [0.1, 0.15) is 12.8 Å². The molecule has 1 fully saturated rings. The number of hydrogen-bond acceptors (Lipinski definition) is 4. The average Bonchev–Trinajstić information content (AvgIpc) is 2.59. The Kier molecular flexibility index (Phi) is 2.89. The first-order valence-electron chi connectivity index (χ1n) is 4.61. The van der Waals surface area contributed by atoms with E-state index in [1.54, 1.807) is 0 Å². The molecule has 2 aliphatic heterocycles. The van der Waals surface area contributed by atoms with Crippen LogP contribution >= 0.6 is 11.8 Å². The molecule has 0 aliphatic carbocycles. The molecule has 0 bridgehead atoms. The Balaban J connectivity index is 1.77. The van der Waals surface area contributed by atoms with Gasteiger partial charge in [-0.1, -0.05) is 11.8 Å². The maximum absolute atomic E-state index is 4.38. The first-order valence-corrected chi connectivity index (χ1v) is 5.49. The number of rotatable bonds is 1. The van der Waals surface area contributed by atoms with Crippen LogP contribution in [0, 0.1) is 0 Å². The van der Waals surface area contributed by atoms with E-state index < -0.39 is 0 Å². The summed E-state index contributed by atoms with van der Waals surface area (Å²) in [7, 11) is 0. The van der Waals surface area contributed by atoms with Crippen LogP contribution < -0.4 is 10.6 Å². The lowest BCUT2D eigenvalue weighted by Crippen LogP contribution is -2.31. The fourth-order valence-electron chi connectivity index (χ4n) is 1.53. The molecule has 0 saturated carbocycles. The van der Waals surface area contributed by atoms with E-state index in [0.29, 0.717) is 0 Å². The van der Waals surface area contributed by atoms with Crippen LogP contribution in [0.15, 0.2) is 4.99 Å². The predicted molar refractivity (Wildman–Crippen MR) is 53.8 cm³/mol. The summed E-state index contributed by atoms with van der Waals surface area (Å²) in [5, 5.41) is 8.62. The molecule has 0 amide bonds. The van der Waals surface area contributed by atoms with Crippen LogP contribution in [0.3, 0.4) is 0 Å². The van der Waals surface area contributed by atoms with Gasteiger partial charge in [-0.05, 0) is 25.9 Å². The van der Waals surface area contributed by atoms with Crippen molar-refractivity contribution in [3.05, 3.63) is 0 Å². The van der Waals surface area contributed by atoms with Gasteiger partial charge < -0.3 is 10.6 Å². The number of piperidine rings is 1. The van der Waals surface area contributed by atoms with Crippen LogP contribution in [0.2, 0.25) is 0 Å². The van der Waals surface area contributed by atoms with Crippen molar-refractivity contribution < 1.29 is 0 Å². The molecule has 2 heterocycles. The van der Waals surface area contributed by atoms with Gasteiger partial charge in [0.05, 0.1) is 6.54 Å². The van der Waals surface area contributed by atoms with E-state index in [0.717, 1.165) is 18.3 Å². The smallest absolute Gasteiger partial charge is 0.156 e. The van der Waals surface area contributed by atoms with Gasteiger partial charge in [0.15, 0.2) is 5.17 Å². The zero-order valence-corrected chi connectivity index (χ0v) is 7.99. The van der Waals surface area contributed by atoms with Crippen molar-refractivity contribution in [2.24, 2.45) is 4.99 Å². The summed E-state index contributed by atoms with van der Waals surface area (Å²) in [5.74, 6) is 0. The molecule has 0 aromatic carbocycles. The van der Waals surface area contributed by atoms with E-state index in [4.69, 9.17) is 0 Å². The van der Waals surface area contributed by atoms with Gasteiger partial charge in [0.1, 0.15) is 0 Å². The molecule has 0 unspecified atom stereocenters. The predicted octanol–water partition coefficient (Wildman–Crippen LogP) is 0.431. The Morgan fingerprint density at radius 3 is 2.75 bits per heavy atom. The highest BCUT2D eigenvalue weighted by Gasteiger charge is 2.17. The molecule has 3 nitrogen and oxygen atoms in total. The maximum Gasteiger partial charge on any atom is 0.156 e. The Labute approximate surface area is 77.4 Å². The van der Waals surface area contributed by atoms with Crippen molar-refractivity contribution in [3.8, 4) is 0 Å². The lowest BCUT2D eigenvalue weighted by atomic mass is 10.2. The quantitative estimate of drug-likeness (QED) is 0.622. The number of aliphatic imine (C=N–C) groups is 1. The largest absolute Gasteiger partial charge is 0.363 e. The Morgan fingerprint density at radius 2 is 2.08 bits per heavy atom. The third-order valence-electron chi connectivity index (χ3n) is 2.21. The Bertz CT molecular complexity index is 175. The first-order chi connectivity index (χ1) is 5.95. The monoisotopic (exact) mass is 185 g/mol. The molecular weight excluding hydrogens is 170 g/mol. The summed E-state index contributed by atoms with van der Waals surface area (Å²) in [6.07, 6.45) is 2.57. The van der Waals surface area contributed by atoms with E-state index in [2.05, 4.69) is 15.6 Å². The van der Waals surface area contributed by atoms with E-state index in [1.165, 1.54) is 31.1 Å². The first kappa shape index (κ1) is 8.38. The number of nitrogens with one attached hydrogen (secondary N) is 2. The van der Waals surface area contributed by atoms with E-state index >= 15 is 0 Å². The van der Waals surface area contributed by atoms with Crippen molar-refractivity contribution in [1.82, 2.24) is 10.6 Å². The second-order valence-corrected chi connectivity index (χ2v) is 4.47. The molecule has 2 rings (SSSR count). The fourth-order valence-corrected chi connectivity index (χ4v) is 2.66. The summed E-state index contributed by atoms with van der Waals surface area (Å²) >= 11 is 1.93. The minimum atomic E-state index is 0.788. The molecule has 1 saturated heterocycles. The third-order valence-corrected chi connectivity index (χ3v) is 3.51. The number of thioether (sulfide) groups is 1. The third kappa shape index (κ3) is 2.14. The highest BCUT2D eigenvalue weighted by Crippen LogP contribution is 2.21. The van der Waals surface area contributed by atoms with Crippen LogP contribution in [0.5, 0.6) is 0 Å². The highest BCUT2D eigenvalue weighted by atomic mass is 32.2. The molecular formula is C8H15N3S. The minimum absolute atomic E-state index is 0.788. The van der Waals surface area contributed by atoms with Gasteiger partial charge in [-0.15, -0.1) is 0 Å². The fraction of sp³-hybridized carbons (Fsp3) is 0.875. The summed E-state index contributed by atoms with van der Waals surface area (Å²) in [6, 6.07) is 0. The van der Waals surface area contributed by atoms with Gasteiger partial charge in [0, 0.05) is 11.8 Å². The lowest BCUT2D eigenvalue weighted by Gasteiger charge is -2.21. The van der Waals surface area contributed by atoms with Gasteiger partial charge >= 0.3 is 0 Å². The van der Waals surface area contributed by atoms with Gasteiger partial charge in [0.2, 0.25) is 0 Å². The van der Waals surface area contributed by atoms with E-state index in [1.807, 2.05) is 11.8 Å². The molecule has 2 aliphatic rings. The maximum atomic E-state index is 4.38. The molecule has 0 aromatic rings. The SMILES string of the molecule is C1CNC(SC2CCNCC2)=N1. The van der Waals surface area contributed by atoms with Crippen molar-refractivity contribution in [2.75, 3.05) is 26.2 Å². The molecule has 68 valence electrons. The molecule has 0 radical (unpaired) electrons. The van der Waals surface area contributed by atoms with Gasteiger partial charge in [0.25, 0.3) is 0 Å². The van der Waals surface area contributed by atoms with Gasteiger partial charge in [-0.25, -0.2) is 0 Å². The van der Waals surface area contributed by atoms with E-state index in [9.17, 15) is 0 Å². The van der Waals surface area contributed by atoms with Gasteiger partial charge in [-0.3, -0.25) is 4.99 Å². The Morgan fingerprint density at radius 1 is 1.25 bits per heavy atom. The number of hydrogen-bond donors (Lipinski definition) is 2. The van der Waals surface area contributed by atoms with Crippen molar-refractivity contribution in [2.45, 2.75) is 18.1 Å². The number of amidine groups is 1. The highest BCUT2D eigenvalue weighted by molar-refractivity contribution is 8.14. The summed E-state index contributed by atoms with van der Waals surface area (Å²) < 4.78 is 0. The molecule has 0 aromatic heterocycles. The number of nitrogens with zero attached hydrogens (tertiary/aromatic N) is 1. The van der Waals surface area contributed by atoms with Crippen LogP contribution in [0.25, 0.3) is 0 Å². The van der Waals surface area contributed by atoms with Crippen LogP contribution in [0.4, 0.5) is 0 Å². The molecule has 0 spiro atoms. The second kappa shape index (κ2) is 4.14. The summed E-state index contributed by atoms with van der Waals surface area (Å²) in [6.45, 7) is 4.34. The minimum Gasteiger partial charge on any atom is -0.363 e. The molecule has 2 N–H and O–H groups in total. The van der Waals surface area contributed by atoms with Crippen molar-refractivity contribution >= 4 is 16.9 Å². The van der Waals surface area contributed by atoms with Crippen LogP contribution in [-0.4, -0.2) is 36.6 Å². The Hall–Kier alpha value is -0.220. The molecule has 4 heteroatoms. The summed E-state index contributed by atoms with van der Waals surface area (Å²) in [5.41, 5.74) is 0. The zero-order chi connectivity index (χ0) is 8.23. The zero-order valence-electron chi connectivity index (χ0n) is 7.18. The van der Waals surface area contributed by atoms with Crippen molar-refractivity contribution in [1.29, 1.82) is 0 Å². The van der Waals surface area contributed by atoms with Crippen molar-refractivity contribution in [3.63, 3.8) is 0 Å². The van der Waals surface area contributed by atoms with Gasteiger partial charge in [-0.2, -0.15) is 0 Å². The van der Waals surface area contributed by atoms with Crippen LogP contribution in [-0.2, 0) is 0 Å². The standard InChI is InChI=1S/C8H15N3S/c1-3-9-4-2-7(1)12-8-10-5-6-11-8/h7,9H,1-6H2,(H,10,11). The average molecular weight is 185 g/mol. The normalized spacial score (nSPS) is 25.2.